The zero-order valence-electron chi connectivity index (χ0n) is 11.7. The summed E-state index contributed by atoms with van der Waals surface area (Å²) in [5.74, 6) is 0.153. The van der Waals surface area contributed by atoms with Crippen LogP contribution in [0, 0.1) is 17.1 Å². The largest absolute Gasteiger partial charge is 0.487 e. The Balaban J connectivity index is 2.01. The zero-order chi connectivity index (χ0) is 15.2. The molecule has 2 aromatic rings. The summed E-state index contributed by atoms with van der Waals surface area (Å²) in [4.78, 5) is 4.24. The average Bonchev–Trinajstić information content (AvgIpc) is 2.47. The maximum atomic E-state index is 13.6. The fourth-order valence-electron chi connectivity index (χ4n) is 1.86. The van der Waals surface area contributed by atoms with Crippen molar-refractivity contribution in [3.63, 3.8) is 0 Å². The average molecular weight is 285 g/mol. The number of pyridine rings is 1. The van der Waals surface area contributed by atoms with Crippen LogP contribution in [-0.2, 0) is 13.0 Å². The van der Waals surface area contributed by atoms with Gasteiger partial charge in [0.25, 0.3) is 0 Å². The Labute approximate surface area is 123 Å². The van der Waals surface area contributed by atoms with E-state index < -0.39 is 5.82 Å². The highest BCUT2D eigenvalue weighted by molar-refractivity contribution is 5.33. The van der Waals surface area contributed by atoms with Gasteiger partial charge in [0.1, 0.15) is 18.2 Å². The molecule has 1 unspecified atom stereocenters. The molecule has 1 aromatic carbocycles. The molecule has 0 aliphatic carbocycles. The van der Waals surface area contributed by atoms with Crippen LogP contribution in [0.5, 0.6) is 5.75 Å². The van der Waals surface area contributed by atoms with Crippen molar-refractivity contribution >= 4 is 0 Å². The highest BCUT2D eigenvalue weighted by Crippen LogP contribution is 2.15. The molecule has 1 heterocycles. The van der Waals surface area contributed by atoms with Gasteiger partial charge in [0.15, 0.2) is 0 Å². The third-order valence-electron chi connectivity index (χ3n) is 2.90. The SMILES string of the molecule is CC(N)Cc1ccc(OCc2cc(C#N)ccc2F)cn1. The van der Waals surface area contributed by atoms with Crippen LogP contribution in [0.4, 0.5) is 4.39 Å². The normalized spacial score (nSPS) is 11.7. The third kappa shape index (κ3) is 4.26. The van der Waals surface area contributed by atoms with Crippen LogP contribution in [0.1, 0.15) is 23.7 Å². The molecule has 0 amide bonds. The summed E-state index contributed by atoms with van der Waals surface area (Å²) < 4.78 is 19.1. The van der Waals surface area contributed by atoms with Crippen molar-refractivity contribution < 1.29 is 9.13 Å². The second kappa shape index (κ2) is 6.82. The van der Waals surface area contributed by atoms with Crippen molar-refractivity contribution in [3.8, 4) is 11.8 Å². The second-order valence-electron chi connectivity index (χ2n) is 4.87. The van der Waals surface area contributed by atoms with Gasteiger partial charge in [-0.25, -0.2) is 4.39 Å². The van der Waals surface area contributed by atoms with E-state index in [0.717, 1.165) is 5.69 Å². The standard InChI is InChI=1S/C16H16FN3O/c1-11(19)6-14-3-4-15(9-20-14)21-10-13-7-12(8-18)2-5-16(13)17/h2-5,7,9,11H,6,10,19H2,1H3. The minimum atomic E-state index is -0.393. The summed E-state index contributed by atoms with van der Waals surface area (Å²) in [7, 11) is 0. The third-order valence-corrected chi connectivity index (χ3v) is 2.90. The van der Waals surface area contributed by atoms with Gasteiger partial charge in [-0.2, -0.15) is 5.26 Å². The highest BCUT2D eigenvalue weighted by atomic mass is 19.1. The van der Waals surface area contributed by atoms with Crippen molar-refractivity contribution in [3.05, 3.63) is 59.2 Å². The predicted octanol–water partition coefficient (Wildman–Crippen LogP) is 2.56. The van der Waals surface area contributed by atoms with Gasteiger partial charge in [0, 0.05) is 23.7 Å². The summed E-state index contributed by atoms with van der Waals surface area (Å²) in [6.45, 7) is 1.97. The van der Waals surface area contributed by atoms with E-state index in [1.54, 1.807) is 12.3 Å². The molecule has 0 saturated carbocycles. The summed E-state index contributed by atoms with van der Waals surface area (Å²) in [5, 5.41) is 8.81. The molecule has 2 rings (SSSR count). The Morgan fingerprint density at radius 1 is 1.38 bits per heavy atom. The summed E-state index contributed by atoms with van der Waals surface area (Å²) in [5.41, 5.74) is 7.33. The molecular formula is C16H16FN3O. The first-order valence-electron chi connectivity index (χ1n) is 6.60. The molecular weight excluding hydrogens is 269 g/mol. The summed E-state index contributed by atoms with van der Waals surface area (Å²) in [6, 6.07) is 9.81. The Hall–Kier alpha value is -2.45. The van der Waals surface area contributed by atoms with Crippen molar-refractivity contribution in [2.24, 2.45) is 5.73 Å². The molecule has 0 saturated heterocycles. The number of ether oxygens (including phenoxy) is 1. The van der Waals surface area contributed by atoms with Crippen LogP contribution >= 0.6 is 0 Å². The first-order valence-corrected chi connectivity index (χ1v) is 6.60. The maximum absolute atomic E-state index is 13.6. The molecule has 0 bridgehead atoms. The fourth-order valence-corrected chi connectivity index (χ4v) is 1.86. The number of halogens is 1. The highest BCUT2D eigenvalue weighted by Gasteiger charge is 2.05. The quantitative estimate of drug-likeness (QED) is 0.916. The lowest BCUT2D eigenvalue weighted by molar-refractivity contribution is 0.298. The number of nitrogens with zero attached hydrogens (tertiary/aromatic N) is 2. The van der Waals surface area contributed by atoms with Gasteiger partial charge in [-0.3, -0.25) is 4.98 Å². The molecule has 5 heteroatoms. The second-order valence-corrected chi connectivity index (χ2v) is 4.87. The van der Waals surface area contributed by atoms with Crippen molar-refractivity contribution in [2.75, 3.05) is 0 Å². The van der Waals surface area contributed by atoms with Gasteiger partial charge < -0.3 is 10.5 Å². The molecule has 0 spiro atoms. The molecule has 1 atom stereocenters. The topological polar surface area (TPSA) is 71.9 Å². The Kier molecular flexibility index (Phi) is 4.85. The van der Waals surface area contributed by atoms with Crippen LogP contribution in [0.2, 0.25) is 0 Å². The Morgan fingerprint density at radius 2 is 2.19 bits per heavy atom. The molecule has 108 valence electrons. The van der Waals surface area contributed by atoms with E-state index in [2.05, 4.69) is 4.98 Å². The van der Waals surface area contributed by atoms with E-state index in [4.69, 9.17) is 15.7 Å². The van der Waals surface area contributed by atoms with Crippen molar-refractivity contribution in [1.29, 1.82) is 5.26 Å². The number of benzene rings is 1. The van der Waals surface area contributed by atoms with Crippen LogP contribution in [-0.4, -0.2) is 11.0 Å². The molecule has 0 radical (unpaired) electrons. The monoisotopic (exact) mass is 285 g/mol. The van der Waals surface area contributed by atoms with Crippen LogP contribution in [0.25, 0.3) is 0 Å². The van der Waals surface area contributed by atoms with Crippen LogP contribution in [0.3, 0.4) is 0 Å². The first kappa shape index (κ1) is 14.9. The number of nitriles is 1. The fraction of sp³-hybridized carbons (Fsp3) is 0.250. The van der Waals surface area contributed by atoms with E-state index >= 15 is 0 Å². The number of aromatic nitrogens is 1. The first-order chi connectivity index (χ1) is 10.1. The van der Waals surface area contributed by atoms with E-state index in [0.29, 0.717) is 23.3 Å². The predicted molar refractivity (Wildman–Crippen MR) is 77.0 cm³/mol. The van der Waals surface area contributed by atoms with Gasteiger partial charge in [-0.1, -0.05) is 0 Å². The van der Waals surface area contributed by atoms with Crippen molar-refractivity contribution in [2.45, 2.75) is 26.0 Å². The van der Waals surface area contributed by atoms with Crippen LogP contribution < -0.4 is 10.5 Å². The minimum absolute atomic E-state index is 0.0482. The van der Waals surface area contributed by atoms with E-state index in [1.165, 1.54) is 18.2 Å². The lowest BCUT2D eigenvalue weighted by atomic mass is 10.1. The molecule has 4 nitrogen and oxygen atoms in total. The van der Waals surface area contributed by atoms with Gasteiger partial charge in [0.05, 0.1) is 17.8 Å². The summed E-state index contributed by atoms with van der Waals surface area (Å²) in [6.07, 6.45) is 2.28. The van der Waals surface area contributed by atoms with E-state index in [-0.39, 0.29) is 12.6 Å². The minimum Gasteiger partial charge on any atom is -0.487 e. The van der Waals surface area contributed by atoms with Crippen molar-refractivity contribution in [1.82, 2.24) is 4.98 Å². The van der Waals surface area contributed by atoms with Gasteiger partial charge in [-0.05, 0) is 37.3 Å². The van der Waals surface area contributed by atoms with E-state index in [1.807, 2.05) is 19.1 Å². The molecule has 0 aliphatic rings. The molecule has 0 aliphatic heterocycles. The zero-order valence-corrected chi connectivity index (χ0v) is 11.7. The lowest BCUT2D eigenvalue weighted by Crippen LogP contribution is -2.18. The van der Waals surface area contributed by atoms with Gasteiger partial charge >= 0.3 is 0 Å². The van der Waals surface area contributed by atoms with E-state index in [9.17, 15) is 4.39 Å². The summed E-state index contributed by atoms with van der Waals surface area (Å²) >= 11 is 0. The maximum Gasteiger partial charge on any atom is 0.138 e. The number of hydrogen-bond donors (Lipinski definition) is 1. The number of rotatable bonds is 5. The van der Waals surface area contributed by atoms with Crippen LogP contribution in [0.15, 0.2) is 36.5 Å². The smallest absolute Gasteiger partial charge is 0.138 e. The lowest BCUT2D eigenvalue weighted by Gasteiger charge is -2.09. The molecule has 21 heavy (non-hydrogen) atoms. The van der Waals surface area contributed by atoms with Gasteiger partial charge in [0.2, 0.25) is 0 Å². The molecule has 2 N–H and O–H groups in total. The molecule has 1 aromatic heterocycles. The molecule has 0 fully saturated rings. The Morgan fingerprint density at radius 3 is 2.81 bits per heavy atom. The van der Waals surface area contributed by atoms with Gasteiger partial charge in [-0.15, -0.1) is 0 Å². The number of nitrogens with two attached hydrogens (primary N) is 1. The Bertz CT molecular complexity index is 648. The number of hydrogen-bond acceptors (Lipinski definition) is 4.